The smallest absolute Gasteiger partial charge is 0.256 e. The predicted molar refractivity (Wildman–Crippen MR) is 120 cm³/mol. The normalized spacial score (nSPS) is 15.5. The number of halogens is 2. The van der Waals surface area contributed by atoms with Crippen LogP contribution < -0.4 is 10.2 Å². The fraction of sp³-hybridized carbons (Fsp3) is 0.261. The summed E-state index contributed by atoms with van der Waals surface area (Å²) >= 11 is 0. The molecule has 10 heteroatoms. The lowest BCUT2D eigenvalue weighted by molar-refractivity contribution is -0.0221. The Bertz CT molecular complexity index is 1310. The maximum absolute atomic E-state index is 13.8. The first-order valence-corrected chi connectivity index (χ1v) is 10.5. The van der Waals surface area contributed by atoms with Crippen molar-refractivity contribution in [1.29, 1.82) is 0 Å². The van der Waals surface area contributed by atoms with Crippen LogP contribution in [0.15, 0.2) is 55.4 Å². The molecule has 0 unspecified atom stereocenters. The summed E-state index contributed by atoms with van der Waals surface area (Å²) in [5, 5.41) is 4.34. The Hall–Kier alpha value is -3.95. The highest BCUT2D eigenvalue weighted by Gasteiger charge is 2.35. The molecule has 0 aromatic carbocycles. The van der Waals surface area contributed by atoms with Crippen LogP contribution in [0, 0.1) is 0 Å². The van der Waals surface area contributed by atoms with Crippen LogP contribution in [0.5, 0.6) is 0 Å². The number of piperidine rings is 1. The van der Waals surface area contributed by atoms with Gasteiger partial charge < -0.3 is 14.8 Å². The molecule has 33 heavy (non-hydrogen) atoms. The number of rotatable bonds is 4. The van der Waals surface area contributed by atoms with Crippen LogP contribution >= 0.6 is 0 Å². The molecule has 0 atom stereocenters. The molecule has 0 saturated carbocycles. The Kier molecular flexibility index (Phi) is 5.20. The molecular weight excluding hydrogens is 428 g/mol. The molecule has 5 heterocycles. The number of amides is 1. The van der Waals surface area contributed by atoms with E-state index in [9.17, 15) is 13.6 Å². The molecule has 0 bridgehead atoms. The maximum atomic E-state index is 13.8. The van der Waals surface area contributed by atoms with Crippen LogP contribution in [0.25, 0.3) is 22.2 Å². The van der Waals surface area contributed by atoms with E-state index >= 15 is 0 Å². The highest BCUT2D eigenvalue weighted by molar-refractivity contribution is 6.05. The van der Waals surface area contributed by atoms with E-state index in [0.717, 1.165) is 16.5 Å². The molecule has 0 radical (unpaired) electrons. The van der Waals surface area contributed by atoms with Crippen LogP contribution in [0.4, 0.5) is 20.4 Å². The minimum Gasteiger partial charge on any atom is -0.356 e. The number of carbonyl (C=O) groups is 1. The van der Waals surface area contributed by atoms with E-state index in [1.54, 1.807) is 36.9 Å². The van der Waals surface area contributed by atoms with E-state index in [2.05, 4.69) is 25.3 Å². The third-order valence-corrected chi connectivity index (χ3v) is 5.75. The van der Waals surface area contributed by atoms with Gasteiger partial charge in [0.2, 0.25) is 0 Å². The molecule has 0 spiro atoms. The summed E-state index contributed by atoms with van der Waals surface area (Å²) < 4.78 is 29.4. The first-order chi connectivity index (χ1) is 15.9. The molecule has 8 nitrogen and oxygen atoms in total. The predicted octanol–water partition coefficient (Wildman–Crippen LogP) is 3.91. The number of pyridine rings is 3. The van der Waals surface area contributed by atoms with E-state index < -0.39 is 5.92 Å². The molecular formula is C23H21F2N7O. The van der Waals surface area contributed by atoms with Gasteiger partial charge in [-0.05, 0) is 29.7 Å². The summed E-state index contributed by atoms with van der Waals surface area (Å²) in [6, 6.07) is 6.86. The van der Waals surface area contributed by atoms with Gasteiger partial charge in [-0.1, -0.05) is 0 Å². The number of hydrogen-bond acceptors (Lipinski definition) is 6. The summed E-state index contributed by atoms with van der Waals surface area (Å²) in [7, 11) is 1.88. The van der Waals surface area contributed by atoms with Gasteiger partial charge in [-0.15, -0.1) is 0 Å². The summed E-state index contributed by atoms with van der Waals surface area (Å²) in [6.07, 6.45) is 7.68. The molecule has 4 aromatic heterocycles. The zero-order valence-corrected chi connectivity index (χ0v) is 17.9. The van der Waals surface area contributed by atoms with Gasteiger partial charge in [-0.3, -0.25) is 14.8 Å². The quantitative estimate of drug-likeness (QED) is 0.508. The number of nitrogens with zero attached hydrogens (tertiary/aromatic N) is 6. The molecule has 1 amide bonds. The lowest BCUT2D eigenvalue weighted by Gasteiger charge is -2.33. The van der Waals surface area contributed by atoms with Crippen molar-refractivity contribution in [1.82, 2.24) is 24.5 Å². The number of anilines is 2. The summed E-state index contributed by atoms with van der Waals surface area (Å²) in [4.78, 5) is 31.8. The topological polar surface area (TPSA) is 88.8 Å². The van der Waals surface area contributed by atoms with E-state index in [0.29, 0.717) is 22.9 Å². The number of alkyl halides is 2. The molecule has 1 N–H and O–H groups in total. The minimum atomic E-state index is -2.68. The number of hydrogen-bond donors (Lipinski definition) is 1. The zero-order valence-electron chi connectivity index (χ0n) is 17.9. The largest absolute Gasteiger partial charge is 0.356 e. The SMILES string of the molecule is Cn1cncc1-c1cc2cc(NC(=O)c3ccncc3)nc(N3CCC(F)(F)CC3)c2cn1. The van der Waals surface area contributed by atoms with Crippen molar-refractivity contribution in [3.8, 4) is 11.4 Å². The Morgan fingerprint density at radius 2 is 1.85 bits per heavy atom. The fourth-order valence-electron chi connectivity index (χ4n) is 3.92. The van der Waals surface area contributed by atoms with Crippen molar-refractivity contribution in [2.45, 2.75) is 18.8 Å². The van der Waals surface area contributed by atoms with Crippen molar-refractivity contribution in [3.05, 3.63) is 60.9 Å². The Labute approximate surface area is 188 Å². The second kappa shape index (κ2) is 8.19. The van der Waals surface area contributed by atoms with Gasteiger partial charge in [0.25, 0.3) is 11.8 Å². The molecule has 4 aromatic rings. The van der Waals surface area contributed by atoms with Crippen molar-refractivity contribution in [2.24, 2.45) is 7.05 Å². The molecule has 5 rings (SSSR count). The Balaban J connectivity index is 1.57. The number of aryl methyl sites for hydroxylation is 1. The lowest BCUT2D eigenvalue weighted by atomic mass is 10.1. The van der Waals surface area contributed by atoms with Gasteiger partial charge in [-0.25, -0.2) is 18.7 Å². The molecule has 1 aliphatic rings. The minimum absolute atomic E-state index is 0.167. The maximum Gasteiger partial charge on any atom is 0.256 e. The van der Waals surface area contributed by atoms with Gasteiger partial charge in [0.15, 0.2) is 0 Å². The Morgan fingerprint density at radius 3 is 2.55 bits per heavy atom. The molecule has 1 saturated heterocycles. The van der Waals surface area contributed by atoms with Gasteiger partial charge in [-0.2, -0.15) is 0 Å². The van der Waals surface area contributed by atoms with Gasteiger partial charge in [0, 0.05) is 62.5 Å². The first kappa shape index (κ1) is 20.9. The second-order valence-corrected chi connectivity index (χ2v) is 8.04. The summed E-state index contributed by atoms with van der Waals surface area (Å²) in [6.45, 7) is 0.334. The molecule has 168 valence electrons. The van der Waals surface area contributed by atoms with Crippen molar-refractivity contribution >= 4 is 28.3 Å². The van der Waals surface area contributed by atoms with Crippen molar-refractivity contribution < 1.29 is 13.6 Å². The lowest BCUT2D eigenvalue weighted by Crippen LogP contribution is -2.40. The van der Waals surface area contributed by atoms with Crippen LogP contribution in [0.2, 0.25) is 0 Å². The fourth-order valence-corrected chi connectivity index (χ4v) is 3.92. The first-order valence-electron chi connectivity index (χ1n) is 10.5. The average molecular weight is 449 g/mol. The van der Waals surface area contributed by atoms with Crippen LogP contribution in [-0.4, -0.2) is 49.4 Å². The standard InChI is InChI=1S/C23H21F2N7O/c1-31-14-27-13-19(31)18-10-16-11-20(30-22(33)15-2-6-26-7-3-15)29-21(17(16)12-28-18)32-8-4-23(24,25)5-9-32/h2-3,6-7,10-14H,4-5,8-9H2,1H3,(H,29,30,33). The molecule has 1 fully saturated rings. The highest BCUT2D eigenvalue weighted by Crippen LogP contribution is 2.35. The van der Waals surface area contributed by atoms with E-state index in [1.165, 1.54) is 12.4 Å². The van der Waals surface area contributed by atoms with E-state index in [1.807, 2.05) is 22.6 Å². The van der Waals surface area contributed by atoms with E-state index in [4.69, 9.17) is 0 Å². The third kappa shape index (κ3) is 4.23. The van der Waals surface area contributed by atoms with Crippen LogP contribution in [0.3, 0.4) is 0 Å². The average Bonchev–Trinajstić information content (AvgIpc) is 3.24. The van der Waals surface area contributed by atoms with Gasteiger partial charge in [0.05, 0.1) is 23.9 Å². The van der Waals surface area contributed by atoms with Crippen LogP contribution in [0.1, 0.15) is 23.2 Å². The summed E-state index contributed by atoms with van der Waals surface area (Å²) in [5.74, 6) is -2.15. The van der Waals surface area contributed by atoms with E-state index in [-0.39, 0.29) is 31.8 Å². The van der Waals surface area contributed by atoms with Crippen LogP contribution in [-0.2, 0) is 7.05 Å². The second-order valence-electron chi connectivity index (χ2n) is 8.04. The number of aromatic nitrogens is 5. The number of imidazole rings is 1. The summed E-state index contributed by atoms with van der Waals surface area (Å²) in [5.41, 5.74) is 1.97. The number of fused-ring (bicyclic) bond motifs is 1. The third-order valence-electron chi connectivity index (χ3n) is 5.75. The number of carbonyl (C=O) groups excluding carboxylic acids is 1. The zero-order chi connectivity index (χ0) is 23.0. The van der Waals surface area contributed by atoms with Crippen molar-refractivity contribution in [2.75, 3.05) is 23.3 Å². The number of nitrogens with one attached hydrogen (secondary N) is 1. The highest BCUT2D eigenvalue weighted by atomic mass is 19.3. The Morgan fingerprint density at radius 1 is 1.09 bits per heavy atom. The van der Waals surface area contributed by atoms with Crippen molar-refractivity contribution in [3.63, 3.8) is 0 Å². The van der Waals surface area contributed by atoms with Gasteiger partial charge >= 0.3 is 0 Å². The monoisotopic (exact) mass is 449 g/mol. The van der Waals surface area contributed by atoms with Gasteiger partial charge in [0.1, 0.15) is 11.6 Å². The molecule has 1 aliphatic heterocycles. The molecule has 0 aliphatic carbocycles.